The van der Waals surface area contributed by atoms with Crippen LogP contribution in [-0.4, -0.2) is 79.2 Å². The van der Waals surface area contributed by atoms with Crippen LogP contribution in [0.2, 0.25) is 0 Å². The summed E-state index contributed by atoms with van der Waals surface area (Å²) in [6.07, 6.45) is 5.57. The summed E-state index contributed by atoms with van der Waals surface area (Å²) in [6, 6.07) is 3.93. The molecule has 10 heteroatoms. The first kappa shape index (κ1) is 30.7. The van der Waals surface area contributed by atoms with Crippen LogP contribution >= 0.6 is 0 Å². The van der Waals surface area contributed by atoms with Gasteiger partial charge < -0.3 is 29.4 Å². The molecule has 3 atom stereocenters. The molecule has 1 saturated heterocycles. The number of nitrogens with zero attached hydrogens (tertiary/aromatic N) is 2. The Morgan fingerprint density at radius 3 is 2.86 bits per heavy atom. The number of aromatic nitrogens is 1. The Bertz CT molecular complexity index is 1250. The highest BCUT2D eigenvalue weighted by Crippen LogP contribution is 2.37. The minimum atomic E-state index is -0.986. The summed E-state index contributed by atoms with van der Waals surface area (Å²) in [5, 5.41) is 13.7. The highest BCUT2D eigenvalue weighted by molar-refractivity contribution is 5.76. The summed E-state index contributed by atoms with van der Waals surface area (Å²) in [5.74, 6) is 0.412. The van der Waals surface area contributed by atoms with E-state index in [2.05, 4.69) is 5.32 Å². The van der Waals surface area contributed by atoms with Gasteiger partial charge in [-0.15, -0.1) is 0 Å². The minimum absolute atomic E-state index is 0.0640. The normalized spacial score (nSPS) is 21.4. The van der Waals surface area contributed by atoms with E-state index in [1.165, 1.54) is 12.1 Å². The lowest BCUT2D eigenvalue weighted by Gasteiger charge is -2.38. The van der Waals surface area contributed by atoms with Crippen molar-refractivity contribution in [2.75, 3.05) is 45.8 Å². The van der Waals surface area contributed by atoms with Gasteiger partial charge in [-0.1, -0.05) is 0 Å². The van der Waals surface area contributed by atoms with Crippen molar-refractivity contribution in [3.63, 3.8) is 0 Å². The van der Waals surface area contributed by atoms with E-state index in [1.807, 2.05) is 24.8 Å². The SMILES string of the molecule is COc1cc(CCCCO[C@@H]2CCN(C(C(=O)O)c3cc(F)cc4c3CC(C(C)(C)OC)OC4)C2)nc2c1CCCN2. The second kappa shape index (κ2) is 13.2. The number of carboxylic acid groups (broad SMARTS) is 1. The van der Waals surface area contributed by atoms with Gasteiger partial charge in [-0.25, -0.2) is 9.37 Å². The molecule has 1 fully saturated rings. The topological polar surface area (TPSA) is 102 Å². The van der Waals surface area contributed by atoms with Crippen molar-refractivity contribution in [2.24, 2.45) is 0 Å². The fourth-order valence-electron chi connectivity index (χ4n) is 6.39. The molecule has 1 aromatic carbocycles. The van der Waals surface area contributed by atoms with Crippen LogP contribution in [0.1, 0.15) is 73.5 Å². The van der Waals surface area contributed by atoms with Crippen LogP contribution in [0.15, 0.2) is 18.2 Å². The fraction of sp³-hybridized carbons (Fsp3) is 0.625. The van der Waals surface area contributed by atoms with Crippen molar-refractivity contribution in [3.8, 4) is 5.75 Å². The zero-order chi connectivity index (χ0) is 29.9. The number of methoxy groups -OCH3 is 2. The summed E-state index contributed by atoms with van der Waals surface area (Å²) in [6.45, 7) is 6.70. The number of carbonyl (C=O) groups is 1. The molecule has 2 unspecified atom stereocenters. The quantitative estimate of drug-likeness (QED) is 0.344. The third kappa shape index (κ3) is 6.72. The van der Waals surface area contributed by atoms with Crippen molar-refractivity contribution >= 4 is 11.8 Å². The van der Waals surface area contributed by atoms with E-state index < -0.39 is 23.4 Å². The van der Waals surface area contributed by atoms with Gasteiger partial charge in [-0.05, 0) is 81.2 Å². The average Bonchev–Trinajstić information content (AvgIpc) is 3.44. The van der Waals surface area contributed by atoms with Gasteiger partial charge in [0, 0.05) is 57.1 Å². The Balaban J connectivity index is 1.17. The Kier molecular flexibility index (Phi) is 9.67. The molecular weight excluding hydrogens is 541 g/mol. The summed E-state index contributed by atoms with van der Waals surface area (Å²) >= 11 is 0. The second-order valence-electron chi connectivity index (χ2n) is 12.1. The van der Waals surface area contributed by atoms with Crippen LogP contribution in [-0.2, 0) is 44.9 Å². The highest BCUT2D eigenvalue weighted by atomic mass is 19.1. The molecule has 0 spiro atoms. The van der Waals surface area contributed by atoms with Gasteiger partial charge in [0.25, 0.3) is 0 Å². The van der Waals surface area contributed by atoms with Gasteiger partial charge in [0.1, 0.15) is 23.4 Å². The van der Waals surface area contributed by atoms with E-state index in [0.29, 0.717) is 37.2 Å². The number of ether oxygens (including phenoxy) is 4. The Hall–Kier alpha value is -2.79. The van der Waals surface area contributed by atoms with Crippen molar-refractivity contribution < 1.29 is 33.2 Å². The van der Waals surface area contributed by atoms with Crippen LogP contribution in [0.3, 0.4) is 0 Å². The molecule has 2 aromatic rings. The Labute approximate surface area is 247 Å². The van der Waals surface area contributed by atoms with Gasteiger partial charge in [-0.3, -0.25) is 9.69 Å². The van der Waals surface area contributed by atoms with Crippen molar-refractivity contribution in [1.29, 1.82) is 0 Å². The first-order chi connectivity index (χ1) is 20.2. The molecule has 1 aromatic heterocycles. The van der Waals surface area contributed by atoms with Gasteiger partial charge >= 0.3 is 5.97 Å². The number of halogens is 1. The molecule has 0 amide bonds. The Morgan fingerprint density at radius 1 is 1.26 bits per heavy atom. The van der Waals surface area contributed by atoms with Gasteiger partial charge in [0.2, 0.25) is 0 Å². The average molecular weight is 586 g/mol. The molecule has 5 rings (SSSR count). The zero-order valence-corrected chi connectivity index (χ0v) is 25.2. The number of rotatable bonds is 12. The number of benzene rings is 1. The van der Waals surface area contributed by atoms with E-state index in [4.69, 9.17) is 23.9 Å². The zero-order valence-electron chi connectivity index (χ0n) is 25.2. The van der Waals surface area contributed by atoms with E-state index in [9.17, 15) is 14.3 Å². The molecular formula is C32H44FN3O6. The van der Waals surface area contributed by atoms with Crippen molar-refractivity contribution in [2.45, 2.75) is 89.3 Å². The number of unbranched alkanes of at least 4 members (excludes halogenated alkanes) is 1. The number of hydrogen-bond acceptors (Lipinski definition) is 8. The predicted molar refractivity (Wildman–Crippen MR) is 157 cm³/mol. The maximum atomic E-state index is 14.7. The first-order valence-electron chi connectivity index (χ1n) is 15.1. The van der Waals surface area contributed by atoms with E-state index >= 15 is 0 Å². The fourth-order valence-corrected chi connectivity index (χ4v) is 6.39. The molecule has 2 N–H and O–H groups in total. The summed E-state index contributed by atoms with van der Waals surface area (Å²) in [7, 11) is 3.34. The number of aryl methyl sites for hydroxylation is 1. The molecule has 0 aliphatic carbocycles. The summed E-state index contributed by atoms with van der Waals surface area (Å²) in [5.41, 5.74) is 3.66. The smallest absolute Gasteiger partial charge is 0.325 e. The molecule has 230 valence electrons. The van der Waals surface area contributed by atoms with Crippen LogP contribution < -0.4 is 10.1 Å². The molecule has 0 radical (unpaired) electrons. The van der Waals surface area contributed by atoms with Gasteiger partial charge in [-0.2, -0.15) is 0 Å². The third-order valence-electron chi connectivity index (χ3n) is 8.98. The standard InChI is InChI=1S/C32H44FN3O6/c1-32(2,40-4)28-17-25-20(19-42-28)14-21(33)15-26(25)29(31(37)38)36-12-10-23(18-36)41-13-6-5-8-22-16-27(39-3)24-9-7-11-34-30(24)35-22/h14-16,23,28-29H,5-13,17-19H2,1-4H3,(H,34,35)(H,37,38)/t23-,28?,29?/m1/s1. The van der Waals surface area contributed by atoms with Crippen LogP contribution in [0.25, 0.3) is 0 Å². The molecule has 42 heavy (non-hydrogen) atoms. The number of anilines is 1. The van der Waals surface area contributed by atoms with Crippen LogP contribution in [0.5, 0.6) is 5.75 Å². The third-order valence-corrected chi connectivity index (χ3v) is 8.98. The number of likely N-dealkylation sites (tertiary alicyclic amines) is 1. The van der Waals surface area contributed by atoms with Crippen molar-refractivity contribution in [1.82, 2.24) is 9.88 Å². The lowest BCUT2D eigenvalue weighted by Crippen LogP contribution is -2.44. The van der Waals surface area contributed by atoms with E-state index in [1.54, 1.807) is 14.2 Å². The maximum absolute atomic E-state index is 14.7. The molecule has 0 bridgehead atoms. The van der Waals surface area contributed by atoms with Crippen LogP contribution in [0, 0.1) is 5.82 Å². The summed E-state index contributed by atoms with van der Waals surface area (Å²) in [4.78, 5) is 19.3. The number of pyridine rings is 1. The highest BCUT2D eigenvalue weighted by Gasteiger charge is 2.40. The minimum Gasteiger partial charge on any atom is -0.496 e. The lowest BCUT2D eigenvalue weighted by atomic mass is 9.85. The molecule has 9 nitrogen and oxygen atoms in total. The maximum Gasteiger partial charge on any atom is 0.325 e. The molecule has 0 saturated carbocycles. The monoisotopic (exact) mass is 585 g/mol. The largest absolute Gasteiger partial charge is 0.496 e. The molecule has 3 aliphatic rings. The number of fused-ring (bicyclic) bond motifs is 2. The number of carboxylic acids is 1. The number of aliphatic carboxylic acids is 1. The number of hydrogen-bond donors (Lipinski definition) is 2. The number of nitrogens with one attached hydrogen (secondary N) is 1. The van der Waals surface area contributed by atoms with Crippen LogP contribution in [0.4, 0.5) is 10.2 Å². The van der Waals surface area contributed by atoms with E-state index in [0.717, 1.165) is 73.5 Å². The summed E-state index contributed by atoms with van der Waals surface area (Å²) < 4.78 is 38.1. The lowest BCUT2D eigenvalue weighted by molar-refractivity contribution is -0.143. The Morgan fingerprint density at radius 2 is 2.10 bits per heavy atom. The van der Waals surface area contributed by atoms with Gasteiger partial charge in [0.05, 0.1) is 31.5 Å². The van der Waals surface area contributed by atoms with Crippen molar-refractivity contribution in [3.05, 3.63) is 52.0 Å². The van der Waals surface area contributed by atoms with Gasteiger partial charge in [0.15, 0.2) is 0 Å². The second-order valence-corrected chi connectivity index (χ2v) is 12.1. The predicted octanol–water partition coefficient (Wildman–Crippen LogP) is 4.69. The first-order valence-corrected chi connectivity index (χ1v) is 15.1. The molecule has 4 heterocycles. The van der Waals surface area contributed by atoms with E-state index in [-0.39, 0.29) is 18.8 Å². The molecule has 3 aliphatic heterocycles.